The standard InChI is InChI=1S/C17H15ClN2O/c1-12-6-8-13(9-7-12)16-19-15-5-3-2-4-14(15)17(21)20(16)11-10-18/h2-9H,10-11H2,1H3. The molecule has 0 N–H and O–H groups in total. The maximum atomic E-state index is 12.6. The Morgan fingerprint density at radius 2 is 1.81 bits per heavy atom. The van der Waals surface area contributed by atoms with E-state index in [0.717, 1.165) is 5.56 Å². The molecule has 0 spiro atoms. The number of aryl methyl sites for hydroxylation is 1. The number of hydrogen-bond donors (Lipinski definition) is 0. The minimum atomic E-state index is -0.0446. The summed E-state index contributed by atoms with van der Waals surface area (Å²) in [7, 11) is 0. The predicted molar refractivity (Wildman–Crippen MR) is 86.9 cm³/mol. The molecule has 0 fully saturated rings. The van der Waals surface area contributed by atoms with Gasteiger partial charge in [0.2, 0.25) is 0 Å². The molecule has 0 radical (unpaired) electrons. The molecule has 106 valence electrons. The highest BCUT2D eigenvalue weighted by Gasteiger charge is 2.11. The zero-order chi connectivity index (χ0) is 14.8. The number of fused-ring (bicyclic) bond motifs is 1. The van der Waals surface area contributed by atoms with Gasteiger partial charge in [-0.3, -0.25) is 9.36 Å². The van der Waals surface area contributed by atoms with Gasteiger partial charge in [-0.05, 0) is 19.1 Å². The van der Waals surface area contributed by atoms with Crippen molar-refractivity contribution in [1.82, 2.24) is 9.55 Å². The first-order valence-corrected chi connectivity index (χ1v) is 7.37. The van der Waals surface area contributed by atoms with Crippen LogP contribution in [-0.4, -0.2) is 15.4 Å². The molecule has 0 bridgehead atoms. The molecule has 0 aliphatic rings. The zero-order valence-corrected chi connectivity index (χ0v) is 12.5. The molecule has 4 heteroatoms. The average Bonchev–Trinajstić information content (AvgIpc) is 2.51. The highest BCUT2D eigenvalue weighted by atomic mass is 35.5. The average molecular weight is 299 g/mol. The van der Waals surface area contributed by atoms with Crippen molar-refractivity contribution in [2.75, 3.05) is 5.88 Å². The first-order chi connectivity index (χ1) is 10.2. The molecule has 21 heavy (non-hydrogen) atoms. The van der Waals surface area contributed by atoms with Gasteiger partial charge >= 0.3 is 0 Å². The smallest absolute Gasteiger partial charge is 0.261 e. The number of halogens is 1. The van der Waals surface area contributed by atoms with E-state index in [2.05, 4.69) is 4.98 Å². The molecule has 0 saturated heterocycles. The molecular formula is C17H15ClN2O. The maximum absolute atomic E-state index is 12.6. The van der Waals surface area contributed by atoms with Crippen LogP contribution in [0.1, 0.15) is 5.56 Å². The van der Waals surface area contributed by atoms with E-state index in [1.165, 1.54) is 5.56 Å². The lowest BCUT2D eigenvalue weighted by Gasteiger charge is -2.12. The molecule has 0 amide bonds. The molecule has 0 aliphatic heterocycles. The Morgan fingerprint density at radius 3 is 2.52 bits per heavy atom. The SMILES string of the molecule is Cc1ccc(-c2nc3ccccc3c(=O)n2CCCl)cc1. The fourth-order valence-corrected chi connectivity index (χ4v) is 2.55. The van der Waals surface area contributed by atoms with Gasteiger partial charge in [-0.1, -0.05) is 42.0 Å². The van der Waals surface area contributed by atoms with Gasteiger partial charge < -0.3 is 0 Å². The number of alkyl halides is 1. The fourth-order valence-electron chi connectivity index (χ4n) is 2.38. The van der Waals surface area contributed by atoms with E-state index in [1.54, 1.807) is 10.6 Å². The summed E-state index contributed by atoms with van der Waals surface area (Å²) in [5.74, 6) is 1.04. The van der Waals surface area contributed by atoms with Gasteiger partial charge in [-0.15, -0.1) is 11.6 Å². The van der Waals surface area contributed by atoms with Crippen molar-refractivity contribution < 1.29 is 0 Å². The van der Waals surface area contributed by atoms with E-state index >= 15 is 0 Å². The van der Waals surface area contributed by atoms with Crippen LogP contribution in [0.2, 0.25) is 0 Å². The summed E-state index contributed by atoms with van der Waals surface area (Å²) < 4.78 is 1.65. The van der Waals surface area contributed by atoms with Crippen molar-refractivity contribution in [2.45, 2.75) is 13.5 Å². The van der Waals surface area contributed by atoms with Crippen molar-refractivity contribution in [3.63, 3.8) is 0 Å². The second-order valence-electron chi connectivity index (χ2n) is 4.96. The molecule has 0 atom stereocenters. The van der Waals surface area contributed by atoms with Crippen LogP contribution in [0.4, 0.5) is 0 Å². The lowest BCUT2D eigenvalue weighted by Crippen LogP contribution is -2.24. The molecular weight excluding hydrogens is 284 g/mol. The van der Waals surface area contributed by atoms with Crippen molar-refractivity contribution in [2.24, 2.45) is 0 Å². The quantitative estimate of drug-likeness (QED) is 0.692. The van der Waals surface area contributed by atoms with Crippen LogP contribution in [0.3, 0.4) is 0 Å². The second-order valence-corrected chi connectivity index (χ2v) is 5.34. The Morgan fingerprint density at radius 1 is 1.10 bits per heavy atom. The van der Waals surface area contributed by atoms with Crippen LogP contribution in [0.15, 0.2) is 53.3 Å². The van der Waals surface area contributed by atoms with Gasteiger partial charge in [0.1, 0.15) is 5.82 Å². The molecule has 3 nitrogen and oxygen atoms in total. The third kappa shape index (κ3) is 2.57. The Kier molecular flexibility index (Phi) is 3.76. The van der Waals surface area contributed by atoms with E-state index in [0.29, 0.717) is 29.2 Å². The number of aromatic nitrogens is 2. The van der Waals surface area contributed by atoms with Gasteiger partial charge in [0.15, 0.2) is 0 Å². The Hall–Kier alpha value is -2.13. The number of benzene rings is 2. The molecule has 0 unspecified atom stereocenters. The molecule has 3 aromatic rings. The van der Waals surface area contributed by atoms with Crippen molar-refractivity contribution >= 4 is 22.5 Å². The fraction of sp³-hybridized carbons (Fsp3) is 0.176. The third-order valence-corrected chi connectivity index (χ3v) is 3.65. The summed E-state index contributed by atoms with van der Waals surface area (Å²) in [5, 5.41) is 0.624. The number of rotatable bonds is 3. The van der Waals surface area contributed by atoms with Gasteiger partial charge in [0.05, 0.1) is 10.9 Å². The monoisotopic (exact) mass is 298 g/mol. The predicted octanol–water partition coefficient (Wildman–Crippen LogP) is 3.61. The van der Waals surface area contributed by atoms with Gasteiger partial charge in [-0.25, -0.2) is 4.98 Å². The Bertz CT molecular complexity index is 838. The topological polar surface area (TPSA) is 34.9 Å². The van der Waals surface area contributed by atoms with E-state index in [4.69, 9.17) is 11.6 Å². The molecule has 2 aromatic carbocycles. The van der Waals surface area contributed by atoms with Crippen molar-refractivity contribution in [3.8, 4) is 11.4 Å². The van der Waals surface area contributed by atoms with Crippen molar-refractivity contribution in [1.29, 1.82) is 0 Å². The molecule has 3 rings (SSSR count). The summed E-state index contributed by atoms with van der Waals surface area (Å²) >= 11 is 5.86. The largest absolute Gasteiger partial charge is 0.291 e. The summed E-state index contributed by atoms with van der Waals surface area (Å²) in [4.78, 5) is 17.3. The summed E-state index contributed by atoms with van der Waals surface area (Å²) in [5.41, 5.74) is 2.76. The lowest BCUT2D eigenvalue weighted by atomic mass is 10.1. The summed E-state index contributed by atoms with van der Waals surface area (Å²) in [6, 6.07) is 15.4. The summed E-state index contributed by atoms with van der Waals surface area (Å²) in [6.07, 6.45) is 0. The minimum absolute atomic E-state index is 0.0446. The molecule has 0 aliphatic carbocycles. The van der Waals surface area contributed by atoms with Gasteiger partial charge in [0.25, 0.3) is 5.56 Å². The molecule has 0 saturated carbocycles. The highest BCUT2D eigenvalue weighted by molar-refractivity contribution is 6.17. The zero-order valence-electron chi connectivity index (χ0n) is 11.7. The first kappa shape index (κ1) is 13.8. The van der Waals surface area contributed by atoms with E-state index in [9.17, 15) is 4.79 Å². The van der Waals surface area contributed by atoms with Crippen molar-refractivity contribution in [3.05, 3.63) is 64.4 Å². The highest BCUT2D eigenvalue weighted by Crippen LogP contribution is 2.19. The van der Waals surface area contributed by atoms with E-state index in [-0.39, 0.29) is 5.56 Å². The van der Waals surface area contributed by atoms with Crippen LogP contribution in [0, 0.1) is 6.92 Å². The number of nitrogens with zero attached hydrogens (tertiary/aromatic N) is 2. The van der Waals surface area contributed by atoms with Crippen LogP contribution >= 0.6 is 11.6 Å². The van der Waals surface area contributed by atoms with E-state index < -0.39 is 0 Å². The van der Waals surface area contributed by atoms with Crippen LogP contribution in [0.5, 0.6) is 0 Å². The second kappa shape index (κ2) is 5.70. The Labute approximate surface area is 127 Å². The number of hydrogen-bond acceptors (Lipinski definition) is 2. The van der Waals surface area contributed by atoms with Gasteiger partial charge in [-0.2, -0.15) is 0 Å². The number of para-hydroxylation sites is 1. The third-order valence-electron chi connectivity index (χ3n) is 3.48. The maximum Gasteiger partial charge on any atom is 0.261 e. The minimum Gasteiger partial charge on any atom is -0.291 e. The first-order valence-electron chi connectivity index (χ1n) is 6.83. The van der Waals surface area contributed by atoms with Crippen LogP contribution < -0.4 is 5.56 Å². The molecule has 1 heterocycles. The van der Waals surface area contributed by atoms with Crippen LogP contribution in [0.25, 0.3) is 22.3 Å². The summed E-state index contributed by atoms with van der Waals surface area (Å²) in [6.45, 7) is 2.48. The van der Waals surface area contributed by atoms with E-state index in [1.807, 2.05) is 49.4 Å². The lowest BCUT2D eigenvalue weighted by molar-refractivity contribution is 0.733. The van der Waals surface area contributed by atoms with Crippen LogP contribution in [-0.2, 0) is 6.54 Å². The molecule has 1 aromatic heterocycles. The normalized spacial score (nSPS) is 11.0. The van der Waals surface area contributed by atoms with Gasteiger partial charge in [0, 0.05) is 18.0 Å². The Balaban J connectivity index is 2.32.